The van der Waals surface area contributed by atoms with Gasteiger partial charge in [-0.15, -0.1) is 0 Å². The van der Waals surface area contributed by atoms with Crippen molar-refractivity contribution < 1.29 is 4.79 Å². The van der Waals surface area contributed by atoms with Crippen molar-refractivity contribution >= 4 is 23.9 Å². The Bertz CT molecular complexity index is 651. The minimum absolute atomic E-state index is 0.0420. The van der Waals surface area contributed by atoms with Crippen molar-refractivity contribution in [3.63, 3.8) is 0 Å². The zero-order chi connectivity index (χ0) is 14.0. The predicted octanol–water partition coefficient (Wildman–Crippen LogP) is 3.02. The normalized spacial score (nSPS) is 11.3. The van der Waals surface area contributed by atoms with Gasteiger partial charge >= 0.3 is 0 Å². The monoisotopic (exact) mass is 276 g/mol. The molecule has 2 aromatic rings. The lowest BCUT2D eigenvalue weighted by Crippen LogP contribution is -2.13. The topological polar surface area (TPSA) is 73.6 Å². The first-order valence-electron chi connectivity index (χ1n) is 5.93. The molecule has 0 radical (unpaired) electrons. The minimum atomic E-state index is -0.270. The van der Waals surface area contributed by atoms with Crippen LogP contribution < -0.4 is 5.32 Å². The van der Waals surface area contributed by atoms with E-state index in [1.54, 1.807) is 18.3 Å². The molecule has 0 fully saturated rings. The summed E-state index contributed by atoms with van der Waals surface area (Å²) in [4.78, 5) is 14.9. The van der Waals surface area contributed by atoms with E-state index in [1.165, 1.54) is 0 Å². The molecule has 0 aliphatic heterocycles. The number of pyridine rings is 1. The van der Waals surface area contributed by atoms with Crippen molar-refractivity contribution in [1.82, 2.24) is 15.2 Å². The van der Waals surface area contributed by atoms with E-state index in [1.807, 2.05) is 6.07 Å². The Labute approximate surface area is 116 Å². The molecular formula is C13H16N4OS. The predicted molar refractivity (Wildman–Crippen MR) is 76.9 cm³/mol. The van der Waals surface area contributed by atoms with Gasteiger partial charge in [-0.3, -0.25) is 9.89 Å². The quantitative estimate of drug-likeness (QED) is 0.738. The number of hydrogen-bond acceptors (Lipinski definition) is 3. The van der Waals surface area contributed by atoms with Gasteiger partial charge in [0.15, 0.2) is 5.82 Å². The summed E-state index contributed by atoms with van der Waals surface area (Å²) in [5, 5.41) is 9.72. The number of H-pyrrole nitrogens is 2. The Hall–Kier alpha value is -1.95. The van der Waals surface area contributed by atoms with Gasteiger partial charge in [-0.1, -0.05) is 33.0 Å². The lowest BCUT2D eigenvalue weighted by Gasteiger charge is -2.14. The molecule has 0 atom stereocenters. The van der Waals surface area contributed by atoms with Crippen molar-refractivity contribution in [2.75, 3.05) is 5.32 Å². The van der Waals surface area contributed by atoms with Gasteiger partial charge in [0.1, 0.15) is 4.64 Å². The van der Waals surface area contributed by atoms with Crippen LogP contribution in [0, 0.1) is 4.64 Å². The molecule has 5 nitrogen and oxygen atoms in total. The fraction of sp³-hybridized carbons (Fsp3) is 0.308. The van der Waals surface area contributed by atoms with E-state index in [0.717, 1.165) is 5.69 Å². The highest BCUT2D eigenvalue weighted by Crippen LogP contribution is 2.22. The molecule has 1 amide bonds. The SMILES string of the molecule is CC(C)(C)c1cc(NC(=O)c2ccc[nH]c2=S)n[nH]1. The van der Waals surface area contributed by atoms with Crippen LogP contribution in [0.5, 0.6) is 0 Å². The first-order chi connectivity index (χ1) is 8.88. The van der Waals surface area contributed by atoms with E-state index in [0.29, 0.717) is 16.0 Å². The molecule has 0 spiro atoms. The molecule has 0 unspecified atom stereocenters. The largest absolute Gasteiger partial charge is 0.352 e. The van der Waals surface area contributed by atoms with Gasteiger partial charge < -0.3 is 10.3 Å². The maximum absolute atomic E-state index is 12.0. The Kier molecular flexibility index (Phi) is 3.53. The molecule has 0 saturated carbocycles. The number of nitrogens with zero attached hydrogens (tertiary/aromatic N) is 1. The second-order valence-corrected chi connectivity index (χ2v) is 5.69. The first-order valence-corrected chi connectivity index (χ1v) is 6.34. The van der Waals surface area contributed by atoms with Crippen LogP contribution in [0.15, 0.2) is 24.4 Å². The number of aromatic nitrogens is 3. The van der Waals surface area contributed by atoms with Crippen molar-refractivity contribution in [1.29, 1.82) is 0 Å². The number of hydrogen-bond donors (Lipinski definition) is 3. The molecule has 2 heterocycles. The van der Waals surface area contributed by atoms with Crippen LogP contribution in [0.1, 0.15) is 36.8 Å². The van der Waals surface area contributed by atoms with Crippen molar-refractivity contribution in [2.24, 2.45) is 0 Å². The van der Waals surface area contributed by atoms with Crippen LogP contribution in [-0.4, -0.2) is 21.1 Å². The van der Waals surface area contributed by atoms with Gasteiger partial charge in [-0.2, -0.15) is 5.10 Å². The van der Waals surface area contributed by atoms with Crippen LogP contribution in [0.3, 0.4) is 0 Å². The Morgan fingerprint density at radius 2 is 2.16 bits per heavy atom. The van der Waals surface area contributed by atoms with E-state index in [9.17, 15) is 4.79 Å². The van der Waals surface area contributed by atoms with E-state index in [4.69, 9.17) is 12.2 Å². The first kappa shape index (κ1) is 13.5. The fourth-order valence-electron chi connectivity index (χ4n) is 1.55. The number of amides is 1. The highest BCUT2D eigenvalue weighted by Gasteiger charge is 2.17. The molecule has 3 N–H and O–H groups in total. The molecule has 6 heteroatoms. The third kappa shape index (κ3) is 3.08. The highest BCUT2D eigenvalue weighted by atomic mass is 32.1. The van der Waals surface area contributed by atoms with Gasteiger partial charge in [0.25, 0.3) is 5.91 Å². The smallest absolute Gasteiger partial charge is 0.259 e. The van der Waals surface area contributed by atoms with Gasteiger partial charge in [-0.05, 0) is 12.1 Å². The van der Waals surface area contributed by atoms with Crippen LogP contribution in [0.25, 0.3) is 0 Å². The zero-order valence-electron chi connectivity index (χ0n) is 11.1. The molecule has 2 rings (SSSR count). The van der Waals surface area contributed by atoms with E-state index < -0.39 is 0 Å². The average Bonchev–Trinajstić information content (AvgIpc) is 2.77. The summed E-state index contributed by atoms with van der Waals surface area (Å²) >= 11 is 5.06. The average molecular weight is 276 g/mol. The molecule has 0 aliphatic carbocycles. The summed E-state index contributed by atoms with van der Waals surface area (Å²) in [6.07, 6.45) is 1.69. The van der Waals surface area contributed by atoms with Crippen LogP contribution in [0.2, 0.25) is 0 Å². The summed E-state index contributed by atoms with van der Waals surface area (Å²) in [5.41, 5.74) is 1.35. The summed E-state index contributed by atoms with van der Waals surface area (Å²) < 4.78 is 0.409. The lowest BCUT2D eigenvalue weighted by molar-refractivity contribution is 0.102. The van der Waals surface area contributed by atoms with Crippen molar-refractivity contribution in [3.05, 3.63) is 40.3 Å². The molecule has 0 saturated heterocycles. The number of nitrogens with one attached hydrogen (secondary N) is 3. The number of rotatable bonds is 2. The van der Waals surface area contributed by atoms with Gasteiger partial charge in [0, 0.05) is 23.4 Å². The number of carbonyl (C=O) groups is 1. The molecule has 0 aliphatic rings. The molecule has 19 heavy (non-hydrogen) atoms. The van der Waals surface area contributed by atoms with Crippen LogP contribution in [0.4, 0.5) is 5.82 Å². The molecule has 0 aromatic carbocycles. The standard InChI is InChI=1S/C13H16N4OS/c1-13(2,3)9-7-10(17-16-9)15-11(18)8-5-4-6-14-12(8)19/h4-7H,1-3H3,(H,14,19)(H2,15,16,17,18). The van der Waals surface area contributed by atoms with E-state index >= 15 is 0 Å². The van der Waals surface area contributed by atoms with E-state index in [-0.39, 0.29) is 11.3 Å². The van der Waals surface area contributed by atoms with Crippen LogP contribution >= 0.6 is 12.2 Å². The van der Waals surface area contributed by atoms with Crippen molar-refractivity contribution in [2.45, 2.75) is 26.2 Å². The minimum Gasteiger partial charge on any atom is -0.352 e. The third-order valence-corrected chi connectivity index (χ3v) is 3.03. The molecular weight excluding hydrogens is 260 g/mol. The number of aromatic amines is 2. The maximum atomic E-state index is 12.0. The molecule has 0 bridgehead atoms. The van der Waals surface area contributed by atoms with Gasteiger partial charge in [0.05, 0.1) is 5.56 Å². The Morgan fingerprint density at radius 3 is 2.74 bits per heavy atom. The highest BCUT2D eigenvalue weighted by molar-refractivity contribution is 7.71. The van der Waals surface area contributed by atoms with Crippen molar-refractivity contribution in [3.8, 4) is 0 Å². The third-order valence-electron chi connectivity index (χ3n) is 2.69. The van der Waals surface area contributed by atoms with Gasteiger partial charge in [0.2, 0.25) is 0 Å². The summed E-state index contributed by atoms with van der Waals surface area (Å²) in [6, 6.07) is 5.23. The van der Waals surface area contributed by atoms with E-state index in [2.05, 4.69) is 41.3 Å². The van der Waals surface area contributed by atoms with Gasteiger partial charge in [-0.25, -0.2) is 0 Å². The number of carbonyl (C=O) groups excluding carboxylic acids is 1. The summed E-state index contributed by atoms with van der Waals surface area (Å²) in [7, 11) is 0. The summed E-state index contributed by atoms with van der Waals surface area (Å²) in [5.74, 6) is 0.224. The Balaban J connectivity index is 2.19. The molecule has 100 valence electrons. The second kappa shape index (κ2) is 4.97. The lowest BCUT2D eigenvalue weighted by atomic mass is 9.92. The maximum Gasteiger partial charge on any atom is 0.259 e. The van der Waals surface area contributed by atoms with Crippen LogP contribution in [-0.2, 0) is 5.41 Å². The number of anilines is 1. The second-order valence-electron chi connectivity index (χ2n) is 5.28. The Morgan fingerprint density at radius 1 is 1.42 bits per heavy atom. The zero-order valence-corrected chi connectivity index (χ0v) is 11.9. The molecule has 2 aromatic heterocycles. The fourth-order valence-corrected chi connectivity index (χ4v) is 1.78. The summed E-state index contributed by atoms with van der Waals surface area (Å²) in [6.45, 7) is 6.21.